The molecule has 0 spiro atoms. The smallest absolute Gasteiger partial charge is 0.249 e. The third kappa shape index (κ3) is 6.08. The number of hydrogen-bond acceptors (Lipinski definition) is 3. The van der Waals surface area contributed by atoms with Crippen molar-refractivity contribution >= 4 is 86.8 Å². The fourth-order valence-electron chi connectivity index (χ4n) is 10.9. The van der Waals surface area contributed by atoms with E-state index in [0.29, 0.717) is 11.8 Å². The first-order valence-electron chi connectivity index (χ1n) is 21.6. The minimum atomic E-state index is 0.224. The molecule has 0 bridgehead atoms. The molecule has 4 heterocycles. The molecule has 4 aliphatic heterocycles. The van der Waals surface area contributed by atoms with Gasteiger partial charge in [-0.2, -0.15) is 0 Å². The molecule has 4 aliphatic rings. The van der Waals surface area contributed by atoms with E-state index in [1.165, 1.54) is 156 Å². The zero-order valence-electron chi connectivity index (χ0n) is 34.5. The Morgan fingerprint density at radius 1 is 0.509 bits per heavy atom. The first-order valence-corrected chi connectivity index (χ1v) is 23.3. The molecule has 280 valence electrons. The Kier molecular flexibility index (Phi) is 10.1. The zero-order chi connectivity index (χ0) is 38.1. The van der Waals surface area contributed by atoms with Crippen LogP contribution in [0.3, 0.4) is 0 Å². The maximum atomic E-state index is 2.75. The molecular weight excluding hydrogens is 700 g/mol. The van der Waals surface area contributed by atoms with Gasteiger partial charge in [-0.25, -0.2) is 0 Å². The summed E-state index contributed by atoms with van der Waals surface area (Å²) in [5.74, 6) is 1.19. The first kappa shape index (κ1) is 37.3. The van der Waals surface area contributed by atoms with Gasteiger partial charge in [0.25, 0.3) is 0 Å². The van der Waals surface area contributed by atoms with Gasteiger partial charge in [0.1, 0.15) is 0 Å². The van der Waals surface area contributed by atoms with Crippen molar-refractivity contribution in [2.75, 3.05) is 4.90 Å². The molecule has 0 fully saturated rings. The number of nitrogens with zero attached hydrogens (tertiary/aromatic N) is 1. The van der Waals surface area contributed by atoms with E-state index in [0.717, 1.165) is 0 Å². The summed E-state index contributed by atoms with van der Waals surface area (Å²) in [7, 11) is 0. The summed E-state index contributed by atoms with van der Waals surface area (Å²) in [4.78, 5) is 8.55. The Morgan fingerprint density at radius 3 is 1.36 bits per heavy atom. The minimum Gasteiger partial charge on any atom is -0.312 e. The lowest BCUT2D eigenvalue weighted by Gasteiger charge is -2.48. The number of anilines is 3. The molecule has 2 unspecified atom stereocenters. The molecule has 0 aromatic heterocycles. The van der Waals surface area contributed by atoms with E-state index in [1.807, 2.05) is 23.5 Å². The Morgan fingerprint density at radius 2 is 0.945 bits per heavy atom. The molecule has 5 heteroatoms. The van der Waals surface area contributed by atoms with Crippen LogP contribution < -0.4 is 37.7 Å². The monoisotopic (exact) mass is 757 g/mol. The molecule has 0 aliphatic carbocycles. The summed E-state index contributed by atoms with van der Waals surface area (Å²) in [5.41, 5.74) is 22.1. The predicted molar refractivity (Wildman–Crippen MR) is 245 cm³/mol. The van der Waals surface area contributed by atoms with Gasteiger partial charge in [0.05, 0.1) is 0 Å². The van der Waals surface area contributed by atoms with Crippen molar-refractivity contribution < 1.29 is 0 Å². The molecule has 9 rings (SSSR count). The van der Waals surface area contributed by atoms with Crippen LogP contribution in [0.5, 0.6) is 0 Å². The summed E-state index contributed by atoms with van der Waals surface area (Å²) in [6.07, 6.45) is 12.7. The number of fused-ring (bicyclic) bond motifs is 10. The van der Waals surface area contributed by atoms with Gasteiger partial charge in [-0.3, -0.25) is 0 Å². The quantitative estimate of drug-likeness (QED) is 0.0903. The average molecular weight is 758 g/mol. The highest BCUT2D eigenvalue weighted by Gasteiger charge is 2.50. The van der Waals surface area contributed by atoms with E-state index in [4.69, 9.17) is 0 Å². The van der Waals surface area contributed by atoms with Crippen LogP contribution in [0.15, 0.2) is 86.3 Å². The van der Waals surface area contributed by atoms with Gasteiger partial charge in [-0.1, -0.05) is 148 Å². The minimum absolute atomic E-state index is 0.224. The fraction of sp³-hybridized carbons (Fsp3) is 0.400. The SMILES string of the molecule is CCCCCC(CC)c1ccc2c(c1)B1c3c(C)cc(C)cc3Sc3cc4c5c(c31)N2c1ccc(C(CC)CCCCC)cc1B5c1c(C)cc(C)cc1S4. The van der Waals surface area contributed by atoms with Crippen molar-refractivity contribution in [3.8, 4) is 0 Å². The Bertz CT molecular complexity index is 2170. The standard InChI is InChI=1S/C50H57B2NS2/c1-9-13-15-17-34(11-3)36-19-21-40-38(27-36)51-46-32(7)23-30(5)25-42(46)54-44-29-45-49-50(48(44)51)53(40)41-22-20-37(35(12-4)18-16-14-10-2)28-39(41)52(49)47-33(8)24-31(6)26-43(47)55-45/h19-29,34-35H,9-18H2,1-8H3. The highest BCUT2D eigenvalue weighted by atomic mass is 32.2. The first-order chi connectivity index (χ1) is 26.8. The van der Waals surface area contributed by atoms with Crippen molar-refractivity contribution in [3.63, 3.8) is 0 Å². The summed E-state index contributed by atoms with van der Waals surface area (Å²) in [6, 6.07) is 27.9. The topological polar surface area (TPSA) is 3.24 Å². The second-order valence-corrected chi connectivity index (χ2v) is 19.4. The van der Waals surface area contributed by atoms with Gasteiger partial charge in [-0.15, -0.1) is 0 Å². The highest BCUT2D eigenvalue weighted by Crippen LogP contribution is 2.48. The van der Waals surface area contributed by atoms with E-state index in [2.05, 4.69) is 127 Å². The van der Waals surface area contributed by atoms with Crippen LogP contribution in [0.2, 0.25) is 0 Å². The molecule has 55 heavy (non-hydrogen) atoms. The van der Waals surface area contributed by atoms with Gasteiger partial charge < -0.3 is 4.90 Å². The molecule has 0 saturated carbocycles. The van der Waals surface area contributed by atoms with Gasteiger partial charge in [0.2, 0.25) is 13.4 Å². The van der Waals surface area contributed by atoms with Crippen LogP contribution in [0, 0.1) is 27.7 Å². The third-order valence-corrected chi connectivity index (χ3v) is 15.8. The van der Waals surface area contributed by atoms with Crippen molar-refractivity contribution in [1.82, 2.24) is 0 Å². The van der Waals surface area contributed by atoms with Crippen LogP contribution >= 0.6 is 23.5 Å². The van der Waals surface area contributed by atoms with Crippen LogP contribution in [-0.2, 0) is 0 Å². The summed E-state index contributed by atoms with van der Waals surface area (Å²) in [6.45, 7) is 19.2. The van der Waals surface area contributed by atoms with E-state index in [9.17, 15) is 0 Å². The molecule has 0 saturated heterocycles. The maximum Gasteiger partial charge on any atom is 0.249 e. The van der Waals surface area contributed by atoms with E-state index < -0.39 is 0 Å². The third-order valence-electron chi connectivity index (χ3n) is 13.6. The van der Waals surface area contributed by atoms with Crippen LogP contribution in [0.1, 0.15) is 137 Å². The normalized spacial score (nSPS) is 15.2. The van der Waals surface area contributed by atoms with Gasteiger partial charge in [0, 0.05) is 36.6 Å². The van der Waals surface area contributed by atoms with Crippen molar-refractivity contribution in [2.24, 2.45) is 0 Å². The maximum absolute atomic E-state index is 2.75. The zero-order valence-corrected chi connectivity index (χ0v) is 36.1. The van der Waals surface area contributed by atoms with Crippen molar-refractivity contribution in [2.45, 2.75) is 151 Å². The lowest BCUT2D eigenvalue weighted by Crippen LogP contribution is -2.68. The molecule has 0 radical (unpaired) electrons. The van der Waals surface area contributed by atoms with Crippen molar-refractivity contribution in [3.05, 3.63) is 100 Å². The molecule has 0 N–H and O–H groups in total. The molecule has 1 nitrogen and oxygen atoms in total. The Labute approximate surface area is 341 Å². The number of hydrogen-bond donors (Lipinski definition) is 0. The van der Waals surface area contributed by atoms with Crippen LogP contribution in [0.25, 0.3) is 0 Å². The molecule has 5 aromatic rings. The number of benzene rings is 5. The van der Waals surface area contributed by atoms with E-state index in [1.54, 1.807) is 10.9 Å². The van der Waals surface area contributed by atoms with Crippen molar-refractivity contribution in [1.29, 1.82) is 0 Å². The number of unbranched alkanes of at least 4 members (excludes halogenated alkanes) is 4. The van der Waals surface area contributed by atoms with E-state index >= 15 is 0 Å². The van der Waals surface area contributed by atoms with Gasteiger partial charge in [-0.05, 0) is 140 Å². The van der Waals surface area contributed by atoms with Gasteiger partial charge in [0.15, 0.2) is 0 Å². The second kappa shape index (κ2) is 14.9. The number of rotatable bonds is 12. The predicted octanol–water partition coefficient (Wildman–Crippen LogP) is 11.1. The van der Waals surface area contributed by atoms with Gasteiger partial charge >= 0.3 is 0 Å². The summed E-state index contributed by atoms with van der Waals surface area (Å²) < 4.78 is 0. The Balaban J connectivity index is 1.33. The number of aryl methyl sites for hydroxylation is 4. The molecule has 2 atom stereocenters. The molecule has 5 aromatic carbocycles. The lowest BCUT2D eigenvalue weighted by atomic mass is 9.29. The van der Waals surface area contributed by atoms with Crippen LogP contribution in [0.4, 0.5) is 17.1 Å². The summed E-state index contributed by atoms with van der Waals surface area (Å²) in [5, 5.41) is 0. The van der Waals surface area contributed by atoms with Crippen LogP contribution in [-0.4, -0.2) is 13.4 Å². The molecule has 0 amide bonds. The fourth-order valence-corrected chi connectivity index (χ4v) is 13.8. The second-order valence-electron chi connectivity index (χ2n) is 17.3. The summed E-state index contributed by atoms with van der Waals surface area (Å²) >= 11 is 4.06. The highest BCUT2D eigenvalue weighted by molar-refractivity contribution is 8.01. The largest absolute Gasteiger partial charge is 0.312 e. The Hall–Kier alpha value is -3.27. The molecular formula is C50H57B2NS2. The lowest BCUT2D eigenvalue weighted by molar-refractivity contribution is 0.553. The average Bonchev–Trinajstić information content (AvgIpc) is 3.17. The van der Waals surface area contributed by atoms with E-state index in [-0.39, 0.29) is 13.4 Å².